The zero-order valence-corrected chi connectivity index (χ0v) is 12.8. The van der Waals surface area contributed by atoms with Gasteiger partial charge in [0, 0.05) is 10.0 Å². The summed E-state index contributed by atoms with van der Waals surface area (Å²) in [6, 6.07) is 7.63. The van der Waals surface area contributed by atoms with E-state index < -0.39 is 0 Å². The third-order valence-electron chi connectivity index (χ3n) is 2.96. The van der Waals surface area contributed by atoms with Crippen molar-refractivity contribution in [3.05, 3.63) is 34.3 Å². The van der Waals surface area contributed by atoms with Crippen LogP contribution in [0.15, 0.2) is 28.7 Å². The molecule has 0 radical (unpaired) electrons. The van der Waals surface area contributed by atoms with Crippen LogP contribution in [0.3, 0.4) is 0 Å². The molecular formula is C13H16Br2NO-. The third kappa shape index (κ3) is 4.53. The van der Waals surface area contributed by atoms with Gasteiger partial charge in [0.2, 0.25) is 0 Å². The average Bonchev–Trinajstić information content (AvgIpc) is 2.30. The summed E-state index contributed by atoms with van der Waals surface area (Å²) in [6.07, 6.45) is 3.76. The summed E-state index contributed by atoms with van der Waals surface area (Å²) in [6.45, 7) is 2.70. The molecule has 1 saturated heterocycles. The van der Waals surface area contributed by atoms with Gasteiger partial charge in [0.15, 0.2) is 5.78 Å². The predicted molar refractivity (Wildman–Crippen MR) is 68.8 cm³/mol. The van der Waals surface area contributed by atoms with Crippen LogP contribution in [0.25, 0.3) is 0 Å². The second-order valence-corrected chi connectivity index (χ2v) is 5.19. The van der Waals surface area contributed by atoms with Gasteiger partial charge in [-0.2, -0.15) is 0 Å². The lowest BCUT2D eigenvalue weighted by atomic mass is 10.1. The first-order chi connectivity index (χ1) is 7.75. The van der Waals surface area contributed by atoms with Crippen LogP contribution < -0.4 is 17.0 Å². The number of hydrogen-bond donors (Lipinski definition) is 0. The first-order valence-corrected chi connectivity index (χ1v) is 6.56. The first-order valence-electron chi connectivity index (χ1n) is 5.77. The molecule has 0 N–H and O–H groups in total. The van der Waals surface area contributed by atoms with Gasteiger partial charge in [-0.25, -0.2) is 0 Å². The number of halogens is 2. The highest BCUT2D eigenvalue weighted by molar-refractivity contribution is 9.10. The van der Waals surface area contributed by atoms with Gasteiger partial charge in [0.1, 0.15) is 0 Å². The molecule has 17 heavy (non-hydrogen) atoms. The number of hydrogen-bond acceptors (Lipinski definition) is 2. The van der Waals surface area contributed by atoms with Gasteiger partial charge in [-0.05, 0) is 38.1 Å². The molecule has 0 spiro atoms. The van der Waals surface area contributed by atoms with Gasteiger partial charge in [0.05, 0.1) is 6.54 Å². The van der Waals surface area contributed by atoms with E-state index in [9.17, 15) is 4.79 Å². The topological polar surface area (TPSA) is 20.3 Å². The number of nitrogens with zero attached hydrogens (tertiary/aromatic N) is 1. The van der Waals surface area contributed by atoms with Crippen molar-refractivity contribution in [1.29, 1.82) is 0 Å². The Morgan fingerprint density at radius 2 is 1.94 bits per heavy atom. The van der Waals surface area contributed by atoms with Crippen molar-refractivity contribution in [3.63, 3.8) is 0 Å². The zero-order valence-electron chi connectivity index (χ0n) is 9.66. The minimum atomic E-state index is 0. The lowest BCUT2D eigenvalue weighted by Crippen LogP contribution is -3.00. The number of rotatable bonds is 3. The molecule has 2 rings (SSSR count). The van der Waals surface area contributed by atoms with Crippen LogP contribution in [0.2, 0.25) is 0 Å². The van der Waals surface area contributed by atoms with Crippen molar-refractivity contribution in [2.45, 2.75) is 19.3 Å². The molecule has 2 nitrogen and oxygen atoms in total. The van der Waals surface area contributed by atoms with Crippen molar-refractivity contribution in [3.8, 4) is 0 Å². The molecule has 0 aromatic heterocycles. The first kappa shape index (κ1) is 14.9. The van der Waals surface area contributed by atoms with Crippen LogP contribution in [-0.2, 0) is 0 Å². The van der Waals surface area contributed by atoms with E-state index in [2.05, 4.69) is 20.8 Å². The Labute approximate surface area is 121 Å². The maximum Gasteiger partial charge on any atom is 0.176 e. The van der Waals surface area contributed by atoms with Crippen LogP contribution in [-0.4, -0.2) is 30.3 Å². The Morgan fingerprint density at radius 1 is 1.24 bits per heavy atom. The minimum Gasteiger partial charge on any atom is -1.00 e. The number of ketones is 1. The molecule has 0 bridgehead atoms. The molecule has 0 atom stereocenters. The maximum absolute atomic E-state index is 12.0. The Morgan fingerprint density at radius 3 is 2.59 bits per heavy atom. The van der Waals surface area contributed by atoms with Gasteiger partial charge in [-0.15, -0.1) is 0 Å². The van der Waals surface area contributed by atoms with Crippen molar-refractivity contribution >= 4 is 21.7 Å². The summed E-state index contributed by atoms with van der Waals surface area (Å²) < 4.78 is 0.969. The van der Waals surface area contributed by atoms with E-state index in [1.807, 2.05) is 24.3 Å². The third-order valence-corrected chi connectivity index (χ3v) is 3.46. The highest BCUT2D eigenvalue weighted by atomic mass is 79.9. The Hall–Kier alpha value is -0.190. The predicted octanol–water partition coefficient (Wildman–Crippen LogP) is 0.122. The van der Waals surface area contributed by atoms with Gasteiger partial charge in [0.25, 0.3) is 0 Å². The fraction of sp³-hybridized carbons (Fsp3) is 0.462. The molecule has 0 amide bonds. The number of Topliss-reactive ketones (excluding diaryl/α,β-unsaturated/α-hetero) is 1. The molecule has 1 aromatic rings. The molecule has 1 aromatic carbocycles. The fourth-order valence-corrected chi connectivity index (χ4v) is 2.47. The Kier molecular flexibility index (Phi) is 6.38. The quantitative estimate of drug-likeness (QED) is 0.713. The van der Waals surface area contributed by atoms with Crippen molar-refractivity contribution < 1.29 is 21.8 Å². The number of likely N-dealkylation sites (tertiary alicyclic amines) is 1. The molecule has 1 aliphatic heterocycles. The van der Waals surface area contributed by atoms with E-state index >= 15 is 0 Å². The Balaban J connectivity index is 0.00000144. The normalized spacial score (nSPS) is 16.3. The maximum atomic E-state index is 12.0. The molecule has 94 valence electrons. The highest BCUT2D eigenvalue weighted by Gasteiger charge is 2.14. The van der Waals surface area contributed by atoms with E-state index in [0.717, 1.165) is 23.1 Å². The fourth-order valence-electron chi connectivity index (χ4n) is 2.07. The zero-order chi connectivity index (χ0) is 11.4. The Bertz CT molecular complexity index is 375. The monoisotopic (exact) mass is 360 g/mol. The lowest BCUT2D eigenvalue weighted by Gasteiger charge is -2.25. The van der Waals surface area contributed by atoms with Gasteiger partial charge < -0.3 is 17.0 Å². The lowest BCUT2D eigenvalue weighted by molar-refractivity contribution is -0.0000113. The largest absolute Gasteiger partial charge is 1.00 e. The summed E-state index contributed by atoms with van der Waals surface area (Å²) in [5.74, 6) is 0.225. The molecule has 0 aliphatic carbocycles. The summed E-state index contributed by atoms with van der Waals surface area (Å²) in [5, 5.41) is 0. The summed E-state index contributed by atoms with van der Waals surface area (Å²) in [4.78, 5) is 14.3. The van der Waals surface area contributed by atoms with E-state index in [-0.39, 0.29) is 22.8 Å². The van der Waals surface area contributed by atoms with Crippen LogP contribution >= 0.6 is 15.9 Å². The highest BCUT2D eigenvalue weighted by Crippen LogP contribution is 2.14. The smallest absolute Gasteiger partial charge is 0.176 e. The number of carbonyl (C=O) groups is 1. The van der Waals surface area contributed by atoms with Crippen molar-refractivity contribution in [2.24, 2.45) is 0 Å². The molecule has 0 saturated carbocycles. The summed E-state index contributed by atoms with van der Waals surface area (Å²) in [7, 11) is 0. The molecule has 0 unspecified atom stereocenters. The van der Waals surface area contributed by atoms with Crippen LogP contribution in [0.1, 0.15) is 29.6 Å². The SMILES string of the molecule is O=C(CN1CCCCC1)c1cccc(Br)c1.[Br-]. The van der Waals surface area contributed by atoms with Gasteiger partial charge >= 0.3 is 0 Å². The van der Waals surface area contributed by atoms with Crippen molar-refractivity contribution in [1.82, 2.24) is 4.90 Å². The number of carbonyl (C=O) groups excluding carboxylic acids is 1. The van der Waals surface area contributed by atoms with Gasteiger partial charge in [-0.1, -0.05) is 34.5 Å². The molecule has 1 aliphatic rings. The molecule has 1 heterocycles. The second-order valence-electron chi connectivity index (χ2n) is 4.27. The summed E-state index contributed by atoms with van der Waals surface area (Å²) >= 11 is 3.39. The number of piperidine rings is 1. The van der Waals surface area contributed by atoms with Crippen LogP contribution in [0.5, 0.6) is 0 Å². The standard InChI is InChI=1S/C13H16BrNO.BrH/c14-12-6-4-5-11(9-12)13(16)10-15-7-2-1-3-8-15;/h4-6,9H,1-3,7-8,10H2;1H/p-1. The molecule has 1 fully saturated rings. The van der Waals surface area contributed by atoms with E-state index in [1.165, 1.54) is 19.3 Å². The second kappa shape index (κ2) is 7.29. The molecule has 4 heteroatoms. The average molecular weight is 362 g/mol. The van der Waals surface area contributed by atoms with Crippen LogP contribution in [0.4, 0.5) is 0 Å². The van der Waals surface area contributed by atoms with E-state index in [1.54, 1.807) is 0 Å². The molecular weight excluding hydrogens is 346 g/mol. The van der Waals surface area contributed by atoms with Crippen LogP contribution in [0, 0.1) is 0 Å². The summed E-state index contributed by atoms with van der Waals surface area (Å²) in [5.41, 5.74) is 0.806. The van der Waals surface area contributed by atoms with Gasteiger partial charge in [-0.3, -0.25) is 9.69 Å². The van der Waals surface area contributed by atoms with Crippen molar-refractivity contribution in [2.75, 3.05) is 19.6 Å². The number of benzene rings is 1. The van der Waals surface area contributed by atoms with E-state index in [4.69, 9.17) is 0 Å². The van der Waals surface area contributed by atoms with E-state index in [0.29, 0.717) is 6.54 Å². The minimum absolute atomic E-state index is 0.